The third-order valence-electron chi connectivity index (χ3n) is 5.03. The van der Waals surface area contributed by atoms with Crippen molar-refractivity contribution in [3.63, 3.8) is 0 Å². The molecule has 2 amide bonds. The molecule has 2 rings (SSSR count). The van der Waals surface area contributed by atoms with E-state index in [9.17, 15) is 14.4 Å². The van der Waals surface area contributed by atoms with Crippen LogP contribution in [0.5, 0.6) is 0 Å². The molecule has 3 atom stereocenters. The molecule has 8 nitrogen and oxygen atoms in total. The number of carbonyl (C=O) groups excluding carboxylic acids is 3. The van der Waals surface area contributed by atoms with Gasteiger partial charge in [0, 0.05) is 6.61 Å². The minimum atomic E-state index is -1.31. The zero-order chi connectivity index (χ0) is 24.8. The fourth-order valence-corrected chi connectivity index (χ4v) is 3.74. The van der Waals surface area contributed by atoms with Crippen LogP contribution in [0.25, 0.3) is 0 Å². The predicted octanol–water partition coefficient (Wildman–Crippen LogP) is 5.16. The van der Waals surface area contributed by atoms with Gasteiger partial charge in [-0.25, -0.2) is 14.4 Å². The maximum Gasteiger partial charge on any atom is 0.420 e. The van der Waals surface area contributed by atoms with Gasteiger partial charge in [-0.05, 0) is 80.1 Å². The number of esters is 1. The first-order chi connectivity index (χ1) is 15.2. The average Bonchev–Trinajstić information content (AvgIpc) is 2.70. The second-order valence-electron chi connectivity index (χ2n) is 10.7. The molecule has 2 unspecified atom stereocenters. The lowest BCUT2D eigenvalue weighted by molar-refractivity contribution is -0.155. The minimum Gasteiger partial charge on any atom is -0.461 e. The van der Waals surface area contributed by atoms with Crippen molar-refractivity contribution in [2.24, 2.45) is 5.92 Å². The van der Waals surface area contributed by atoms with E-state index in [0.29, 0.717) is 17.9 Å². The average molecular weight is 466 g/mol. The Balaban J connectivity index is 2.23. The lowest BCUT2D eigenvalue weighted by atomic mass is 9.91. The molecule has 1 fully saturated rings. The standard InChI is InChI=1S/C25H39NO7/c1-17-13-19(14-18-11-9-8-10-12-18)15-30-16-20(21(27)31-17)26(22(28)32-24(2,3)4)23(29)33-25(5,6)7/h8-9,11,17,19-20H,10,12-16H2,1-7H3/t17?,19?,20-/m0/s1. The number of carbonyl (C=O) groups is 3. The molecule has 8 heteroatoms. The summed E-state index contributed by atoms with van der Waals surface area (Å²) < 4.78 is 22.3. The lowest BCUT2D eigenvalue weighted by Gasteiger charge is -2.32. The summed E-state index contributed by atoms with van der Waals surface area (Å²) in [7, 11) is 0. The maximum atomic E-state index is 13.0. The van der Waals surface area contributed by atoms with Gasteiger partial charge in [-0.1, -0.05) is 23.8 Å². The van der Waals surface area contributed by atoms with E-state index in [1.807, 2.05) is 6.92 Å². The number of imide groups is 1. The van der Waals surface area contributed by atoms with Crippen LogP contribution in [-0.4, -0.2) is 59.6 Å². The van der Waals surface area contributed by atoms with Crippen molar-refractivity contribution in [3.05, 3.63) is 23.8 Å². The van der Waals surface area contributed by atoms with Gasteiger partial charge in [-0.15, -0.1) is 0 Å². The fourth-order valence-electron chi connectivity index (χ4n) is 3.74. The first-order valence-corrected chi connectivity index (χ1v) is 11.6. The summed E-state index contributed by atoms with van der Waals surface area (Å²) in [4.78, 5) is 39.6. The van der Waals surface area contributed by atoms with E-state index < -0.39 is 41.5 Å². The lowest BCUT2D eigenvalue weighted by Crippen LogP contribution is -2.54. The number of hydrogen-bond acceptors (Lipinski definition) is 7. The van der Waals surface area contributed by atoms with Crippen LogP contribution in [0.1, 0.15) is 74.1 Å². The van der Waals surface area contributed by atoms with Gasteiger partial charge in [0.25, 0.3) is 0 Å². The molecule has 186 valence electrons. The molecule has 0 N–H and O–H groups in total. The molecule has 0 aromatic rings. The Kier molecular flexibility index (Phi) is 9.12. The molecule has 0 radical (unpaired) electrons. The second-order valence-corrected chi connectivity index (χ2v) is 10.7. The van der Waals surface area contributed by atoms with Crippen LogP contribution in [-0.2, 0) is 23.7 Å². The zero-order valence-electron chi connectivity index (χ0n) is 21.0. The van der Waals surface area contributed by atoms with Gasteiger partial charge < -0.3 is 18.9 Å². The topological polar surface area (TPSA) is 91.4 Å². The molecule has 33 heavy (non-hydrogen) atoms. The Morgan fingerprint density at radius 3 is 2.18 bits per heavy atom. The minimum absolute atomic E-state index is 0.154. The van der Waals surface area contributed by atoms with Crippen LogP contribution >= 0.6 is 0 Å². The smallest absolute Gasteiger partial charge is 0.420 e. The largest absolute Gasteiger partial charge is 0.461 e. The van der Waals surface area contributed by atoms with Crippen molar-refractivity contribution in [2.45, 2.75) is 97.5 Å². The summed E-state index contributed by atoms with van der Waals surface area (Å²) >= 11 is 0. The number of amides is 2. The molecule has 1 aliphatic carbocycles. The molecular weight excluding hydrogens is 426 g/mol. The second kappa shape index (κ2) is 11.2. The molecule has 0 aromatic carbocycles. The highest BCUT2D eigenvalue weighted by atomic mass is 16.6. The summed E-state index contributed by atoms with van der Waals surface area (Å²) in [6, 6.07) is -1.31. The number of cyclic esters (lactones) is 1. The predicted molar refractivity (Wildman–Crippen MR) is 124 cm³/mol. The fraction of sp³-hybridized carbons (Fsp3) is 0.720. The van der Waals surface area contributed by atoms with E-state index in [-0.39, 0.29) is 12.5 Å². The summed E-state index contributed by atoms with van der Waals surface area (Å²) in [5.41, 5.74) is -0.410. The highest BCUT2D eigenvalue weighted by Crippen LogP contribution is 2.26. The number of allylic oxidation sites excluding steroid dienone is 4. The van der Waals surface area contributed by atoms with Crippen molar-refractivity contribution in [1.82, 2.24) is 4.90 Å². The maximum absolute atomic E-state index is 13.0. The first-order valence-electron chi connectivity index (χ1n) is 11.6. The normalized spacial score (nSPS) is 24.5. The number of nitrogens with zero attached hydrogens (tertiary/aromatic N) is 1. The Morgan fingerprint density at radius 2 is 1.67 bits per heavy atom. The summed E-state index contributed by atoms with van der Waals surface area (Å²) in [6.45, 7) is 12.1. The van der Waals surface area contributed by atoms with E-state index in [0.717, 1.165) is 19.3 Å². The van der Waals surface area contributed by atoms with Crippen molar-refractivity contribution >= 4 is 18.2 Å². The number of rotatable bonds is 3. The van der Waals surface area contributed by atoms with E-state index in [4.69, 9.17) is 18.9 Å². The van der Waals surface area contributed by atoms with E-state index in [1.54, 1.807) is 41.5 Å². The van der Waals surface area contributed by atoms with Crippen molar-refractivity contribution in [2.75, 3.05) is 13.2 Å². The van der Waals surface area contributed by atoms with Gasteiger partial charge in [-0.2, -0.15) is 4.90 Å². The van der Waals surface area contributed by atoms with Gasteiger partial charge in [0.2, 0.25) is 0 Å². The van der Waals surface area contributed by atoms with Gasteiger partial charge in [-0.3, -0.25) is 0 Å². The van der Waals surface area contributed by atoms with Crippen LogP contribution in [0.3, 0.4) is 0 Å². The summed E-state index contributed by atoms with van der Waals surface area (Å²) in [5, 5.41) is 0. The molecule has 0 bridgehead atoms. The van der Waals surface area contributed by atoms with Crippen molar-refractivity contribution < 1.29 is 33.3 Å². The highest BCUT2D eigenvalue weighted by Gasteiger charge is 2.42. The van der Waals surface area contributed by atoms with Crippen molar-refractivity contribution in [1.29, 1.82) is 0 Å². The van der Waals surface area contributed by atoms with Crippen LogP contribution in [0.4, 0.5) is 9.59 Å². The van der Waals surface area contributed by atoms with Gasteiger partial charge in [0.05, 0.1) is 12.7 Å². The summed E-state index contributed by atoms with van der Waals surface area (Å²) in [6.07, 6.45) is 7.47. The third-order valence-corrected chi connectivity index (χ3v) is 5.03. The Morgan fingerprint density at radius 1 is 1.06 bits per heavy atom. The third kappa shape index (κ3) is 9.20. The monoisotopic (exact) mass is 465 g/mol. The quantitative estimate of drug-likeness (QED) is 0.420. The Labute approximate surface area is 197 Å². The Hall–Kier alpha value is -2.35. The molecule has 2 aliphatic rings. The molecule has 1 aliphatic heterocycles. The van der Waals surface area contributed by atoms with Gasteiger partial charge in [0.1, 0.15) is 11.2 Å². The van der Waals surface area contributed by atoms with Crippen LogP contribution in [0.15, 0.2) is 23.8 Å². The van der Waals surface area contributed by atoms with Gasteiger partial charge >= 0.3 is 18.2 Å². The van der Waals surface area contributed by atoms with Crippen LogP contribution in [0, 0.1) is 5.92 Å². The zero-order valence-corrected chi connectivity index (χ0v) is 21.0. The van der Waals surface area contributed by atoms with E-state index in [1.165, 1.54) is 5.57 Å². The molecular formula is C25H39NO7. The number of hydrogen-bond donors (Lipinski definition) is 0. The summed E-state index contributed by atoms with van der Waals surface area (Å²) in [5.74, 6) is -0.569. The van der Waals surface area contributed by atoms with Crippen molar-refractivity contribution in [3.8, 4) is 0 Å². The van der Waals surface area contributed by atoms with Gasteiger partial charge in [0.15, 0.2) is 6.04 Å². The molecule has 1 heterocycles. The van der Waals surface area contributed by atoms with Crippen LogP contribution in [0.2, 0.25) is 0 Å². The SMILES string of the molecule is CC1CC(CC2=CC=CCC2)COC[C@H](N(C(=O)OC(C)(C)C)C(=O)OC(C)(C)C)C(=O)O1. The number of ether oxygens (including phenoxy) is 4. The highest BCUT2D eigenvalue weighted by molar-refractivity contribution is 5.94. The molecule has 0 saturated carbocycles. The Bertz CT molecular complexity index is 745. The first kappa shape index (κ1) is 26.9. The molecule has 1 saturated heterocycles. The van der Waals surface area contributed by atoms with Crippen LogP contribution < -0.4 is 0 Å². The van der Waals surface area contributed by atoms with E-state index in [2.05, 4.69) is 18.2 Å². The molecule has 0 spiro atoms. The molecule has 0 aromatic heterocycles. The van der Waals surface area contributed by atoms with E-state index >= 15 is 0 Å².